The maximum atomic E-state index is 13.0. The molecule has 5 nitrogen and oxygen atoms in total. The highest BCUT2D eigenvalue weighted by Gasteiger charge is 2.30. The molecule has 148 valence electrons. The Morgan fingerprint density at radius 3 is 2.54 bits per heavy atom. The van der Waals surface area contributed by atoms with Crippen molar-refractivity contribution in [3.63, 3.8) is 0 Å². The van der Waals surface area contributed by atoms with Gasteiger partial charge in [-0.2, -0.15) is 0 Å². The minimum atomic E-state index is -0.00474. The number of carbonyl (C=O) groups excluding carboxylic acids is 1. The van der Waals surface area contributed by atoms with E-state index < -0.39 is 0 Å². The van der Waals surface area contributed by atoms with Crippen LogP contribution in [0.25, 0.3) is 0 Å². The Labute approximate surface area is 167 Å². The predicted molar refractivity (Wildman–Crippen MR) is 112 cm³/mol. The van der Waals surface area contributed by atoms with Crippen molar-refractivity contribution in [2.24, 2.45) is 0 Å². The molecule has 1 atom stereocenters. The van der Waals surface area contributed by atoms with Gasteiger partial charge in [0.25, 0.3) is 5.91 Å². The van der Waals surface area contributed by atoms with E-state index in [-0.39, 0.29) is 11.9 Å². The number of ether oxygens (including phenoxy) is 1. The average molecular weight is 380 g/mol. The van der Waals surface area contributed by atoms with Crippen molar-refractivity contribution >= 4 is 17.3 Å². The Bertz CT molecular complexity index is 800. The lowest BCUT2D eigenvalue weighted by Gasteiger charge is -2.23. The van der Waals surface area contributed by atoms with Gasteiger partial charge in [-0.3, -0.25) is 9.69 Å². The smallest absolute Gasteiger partial charge is 0.253 e. The third-order valence-corrected chi connectivity index (χ3v) is 5.94. The molecular formula is C23H29N3O2. The van der Waals surface area contributed by atoms with Gasteiger partial charge in [0.05, 0.1) is 18.4 Å². The lowest BCUT2D eigenvalue weighted by atomic mass is 10.1. The van der Waals surface area contributed by atoms with Crippen LogP contribution in [0.15, 0.2) is 48.5 Å². The summed E-state index contributed by atoms with van der Waals surface area (Å²) in [6, 6.07) is 16.3. The number of nitrogens with zero attached hydrogens (tertiary/aromatic N) is 1. The van der Waals surface area contributed by atoms with Crippen LogP contribution in [-0.2, 0) is 0 Å². The van der Waals surface area contributed by atoms with Crippen LogP contribution in [0.1, 0.15) is 42.5 Å². The van der Waals surface area contributed by atoms with Crippen LogP contribution >= 0.6 is 0 Å². The van der Waals surface area contributed by atoms with Gasteiger partial charge in [-0.15, -0.1) is 0 Å². The van der Waals surface area contributed by atoms with E-state index in [1.165, 1.54) is 25.7 Å². The Balaban J connectivity index is 1.40. The van der Waals surface area contributed by atoms with Crippen LogP contribution < -0.4 is 15.4 Å². The normalized spacial score (nSPS) is 20.2. The number of nitrogens with one attached hydrogen (secondary N) is 2. The summed E-state index contributed by atoms with van der Waals surface area (Å²) < 4.78 is 5.21. The van der Waals surface area contributed by atoms with Crippen molar-refractivity contribution in [3.05, 3.63) is 54.1 Å². The van der Waals surface area contributed by atoms with Gasteiger partial charge in [0.2, 0.25) is 0 Å². The number of hydrogen-bond acceptors (Lipinski definition) is 4. The van der Waals surface area contributed by atoms with Crippen LogP contribution in [0.5, 0.6) is 5.75 Å². The molecule has 0 bridgehead atoms. The fourth-order valence-electron chi connectivity index (χ4n) is 4.39. The summed E-state index contributed by atoms with van der Waals surface area (Å²) in [5.41, 5.74) is 2.42. The molecule has 2 aliphatic rings. The van der Waals surface area contributed by atoms with Gasteiger partial charge in [0.1, 0.15) is 5.75 Å². The third-order valence-electron chi connectivity index (χ3n) is 5.94. The van der Waals surface area contributed by atoms with Crippen molar-refractivity contribution in [3.8, 4) is 5.75 Å². The average Bonchev–Trinajstić information content (AvgIpc) is 3.41. The summed E-state index contributed by atoms with van der Waals surface area (Å²) in [5.74, 6) is 0.805. The molecule has 5 heteroatoms. The molecule has 2 N–H and O–H groups in total. The van der Waals surface area contributed by atoms with Crippen LogP contribution in [0.4, 0.5) is 11.4 Å². The lowest BCUT2D eigenvalue weighted by molar-refractivity contribution is 0.0937. The number of benzene rings is 2. The van der Waals surface area contributed by atoms with Gasteiger partial charge in [-0.1, -0.05) is 25.0 Å². The predicted octanol–water partition coefficient (Wildman–Crippen LogP) is 4.19. The third kappa shape index (κ3) is 4.30. The van der Waals surface area contributed by atoms with Crippen molar-refractivity contribution in [1.82, 2.24) is 10.2 Å². The van der Waals surface area contributed by atoms with Gasteiger partial charge in [0.15, 0.2) is 0 Å². The number of hydrogen-bond donors (Lipinski definition) is 2. The zero-order chi connectivity index (χ0) is 19.3. The second kappa shape index (κ2) is 8.65. The number of methoxy groups -OCH3 is 1. The van der Waals surface area contributed by atoms with E-state index in [9.17, 15) is 4.79 Å². The van der Waals surface area contributed by atoms with Gasteiger partial charge in [-0.05, 0) is 55.7 Å². The molecular weight excluding hydrogens is 350 g/mol. The van der Waals surface area contributed by atoms with E-state index in [2.05, 4.69) is 15.5 Å². The molecule has 1 aliphatic carbocycles. The van der Waals surface area contributed by atoms with Gasteiger partial charge in [-0.25, -0.2) is 0 Å². The zero-order valence-corrected chi connectivity index (χ0v) is 16.5. The first-order valence-corrected chi connectivity index (χ1v) is 10.3. The van der Waals surface area contributed by atoms with E-state index in [4.69, 9.17) is 4.74 Å². The largest absolute Gasteiger partial charge is 0.497 e. The van der Waals surface area contributed by atoms with Crippen molar-refractivity contribution in [2.75, 3.05) is 25.5 Å². The molecule has 4 rings (SSSR count). The second-order valence-corrected chi connectivity index (χ2v) is 7.79. The number of anilines is 2. The maximum absolute atomic E-state index is 13.0. The fourth-order valence-corrected chi connectivity index (χ4v) is 4.39. The van der Waals surface area contributed by atoms with Gasteiger partial charge < -0.3 is 15.4 Å². The first kappa shape index (κ1) is 18.8. The molecule has 2 fully saturated rings. The first-order chi connectivity index (χ1) is 13.7. The highest BCUT2D eigenvalue weighted by molar-refractivity contribution is 6.00. The summed E-state index contributed by atoms with van der Waals surface area (Å²) in [6.45, 7) is 2.08. The van der Waals surface area contributed by atoms with Gasteiger partial charge in [0, 0.05) is 30.9 Å². The molecule has 1 amide bonds. The minimum absolute atomic E-state index is 0.00474. The summed E-state index contributed by atoms with van der Waals surface area (Å²) in [4.78, 5) is 15.5. The van der Waals surface area contributed by atoms with Crippen LogP contribution in [0.3, 0.4) is 0 Å². The second-order valence-electron chi connectivity index (χ2n) is 7.79. The van der Waals surface area contributed by atoms with E-state index in [0.717, 1.165) is 42.7 Å². The van der Waals surface area contributed by atoms with E-state index in [1.807, 2.05) is 48.5 Å². The number of para-hydroxylation sites is 1. The summed E-state index contributed by atoms with van der Waals surface area (Å²) in [6.07, 6.45) is 6.37. The minimum Gasteiger partial charge on any atom is -0.497 e. The first-order valence-electron chi connectivity index (χ1n) is 10.3. The Hall–Kier alpha value is -2.53. The van der Waals surface area contributed by atoms with Crippen molar-refractivity contribution < 1.29 is 9.53 Å². The maximum Gasteiger partial charge on any atom is 0.253 e. The molecule has 1 heterocycles. The van der Waals surface area contributed by atoms with E-state index >= 15 is 0 Å². The van der Waals surface area contributed by atoms with Gasteiger partial charge >= 0.3 is 0 Å². The van der Waals surface area contributed by atoms with Crippen LogP contribution in [-0.4, -0.2) is 43.1 Å². The summed E-state index contributed by atoms with van der Waals surface area (Å²) in [5, 5.41) is 6.61. The molecule has 1 aliphatic heterocycles. The molecule has 2 aromatic carbocycles. The molecule has 28 heavy (non-hydrogen) atoms. The number of rotatable bonds is 6. The van der Waals surface area contributed by atoms with Crippen molar-refractivity contribution in [2.45, 2.75) is 44.2 Å². The van der Waals surface area contributed by atoms with Crippen molar-refractivity contribution in [1.29, 1.82) is 0 Å². The lowest BCUT2D eigenvalue weighted by Crippen LogP contribution is -2.39. The molecule has 1 saturated carbocycles. The summed E-state index contributed by atoms with van der Waals surface area (Å²) >= 11 is 0. The Kier molecular flexibility index (Phi) is 5.81. The molecule has 1 unspecified atom stereocenters. The Morgan fingerprint density at radius 1 is 1.04 bits per heavy atom. The highest BCUT2D eigenvalue weighted by atomic mass is 16.5. The molecule has 0 radical (unpaired) electrons. The van der Waals surface area contributed by atoms with E-state index in [0.29, 0.717) is 5.56 Å². The SMILES string of the molecule is COc1ccc(Nc2ccccc2C(=O)NC2CCN(C3CCCC3)C2)cc1. The fraction of sp³-hybridized carbons (Fsp3) is 0.435. The topological polar surface area (TPSA) is 53.6 Å². The molecule has 0 aromatic heterocycles. The standard InChI is InChI=1S/C23H29N3O2/c1-28-20-12-10-17(11-13-20)24-22-9-5-4-8-21(22)23(27)25-18-14-15-26(16-18)19-6-2-3-7-19/h4-5,8-13,18-19,24H,2-3,6-7,14-16H2,1H3,(H,25,27). The number of amides is 1. The quantitative estimate of drug-likeness (QED) is 0.790. The zero-order valence-electron chi connectivity index (χ0n) is 16.5. The van der Waals surface area contributed by atoms with Crippen LogP contribution in [0, 0.1) is 0 Å². The highest BCUT2D eigenvalue weighted by Crippen LogP contribution is 2.27. The Morgan fingerprint density at radius 2 is 1.79 bits per heavy atom. The van der Waals surface area contributed by atoms with E-state index in [1.54, 1.807) is 7.11 Å². The number of carbonyl (C=O) groups is 1. The van der Waals surface area contributed by atoms with Crippen LogP contribution in [0.2, 0.25) is 0 Å². The number of likely N-dealkylation sites (tertiary alicyclic amines) is 1. The monoisotopic (exact) mass is 379 g/mol. The molecule has 0 spiro atoms. The molecule has 2 aromatic rings. The molecule has 1 saturated heterocycles. The summed E-state index contributed by atoms with van der Waals surface area (Å²) in [7, 11) is 1.65.